The van der Waals surface area contributed by atoms with Crippen LogP contribution in [0, 0.1) is 43.1 Å². The number of rotatable bonds is 16. The number of nitrogens with zero attached hydrogens (tertiary/aromatic N) is 4. The number of hydrogen-bond donors (Lipinski definition) is 4. The van der Waals surface area contributed by atoms with Crippen molar-refractivity contribution in [3.63, 3.8) is 0 Å². The minimum absolute atomic E-state index is 0.798. The number of aryl methyl sites for hydroxylation is 4. The van der Waals surface area contributed by atoms with Crippen LogP contribution in [-0.2, 0) is 25.7 Å². The molecule has 0 aliphatic carbocycles. The van der Waals surface area contributed by atoms with Gasteiger partial charge in [0.1, 0.15) is 0 Å². The molecule has 78 heavy (non-hydrogen) atoms. The molecule has 0 radical (unpaired) electrons. The van der Waals surface area contributed by atoms with Gasteiger partial charge in [0.15, 0.2) is 21.7 Å². The SMILES string of the molecule is CCCC1=CC2=C3C=C(CCC)C(=N3)C=c3[nH]c(cc3CCC)=c3ccc(o3)=c3cc(CCC)c([nH]3)=CC3=NC(=C4C=C(CCC)C(=N4)C=c4[nH]c(cc4CCC)=c4ccc(o4)=c4cc(CCC)c([nH]4)=CC1=N2)C=C3CCC. The van der Waals surface area contributed by atoms with Gasteiger partial charge in [-0.3, -0.25) is 0 Å². The molecule has 6 aromatic rings. The van der Waals surface area contributed by atoms with Crippen LogP contribution in [0.15, 0.2) is 147 Å². The summed E-state index contributed by atoms with van der Waals surface area (Å²) in [6.45, 7) is 17.9. The van der Waals surface area contributed by atoms with Gasteiger partial charge in [0.25, 0.3) is 0 Å². The highest BCUT2D eigenvalue weighted by Gasteiger charge is 2.23. The summed E-state index contributed by atoms with van der Waals surface area (Å²) >= 11 is 0. The molecule has 0 spiro atoms. The molecular formula is C68H76N8O2. The van der Waals surface area contributed by atoms with Gasteiger partial charge < -0.3 is 28.8 Å². The van der Waals surface area contributed by atoms with Gasteiger partial charge >= 0.3 is 0 Å². The second-order valence-electron chi connectivity index (χ2n) is 21.6. The first kappa shape index (κ1) is 52.3. The van der Waals surface area contributed by atoms with Crippen LogP contribution in [0.25, 0.3) is 24.3 Å². The third kappa shape index (κ3) is 10.7. The Morgan fingerprint density at radius 1 is 0.295 bits per heavy atom. The van der Waals surface area contributed by atoms with Crippen LogP contribution in [0.2, 0.25) is 0 Å². The molecule has 5 aliphatic rings. The number of aromatic nitrogens is 4. The van der Waals surface area contributed by atoms with Gasteiger partial charge in [0.05, 0.1) is 67.0 Å². The number of furan rings is 2. The van der Waals surface area contributed by atoms with Gasteiger partial charge in [-0.1, -0.05) is 107 Å². The zero-order valence-electron chi connectivity index (χ0n) is 47.2. The molecule has 11 rings (SSSR count). The first-order valence-electron chi connectivity index (χ1n) is 29.3. The highest BCUT2D eigenvalue weighted by Crippen LogP contribution is 2.32. The van der Waals surface area contributed by atoms with Crippen molar-refractivity contribution in [3.8, 4) is 0 Å². The molecule has 10 heteroatoms. The molecule has 4 N–H and O–H groups in total. The Bertz CT molecular complexity index is 3810. The third-order valence-electron chi connectivity index (χ3n) is 15.3. The van der Waals surface area contributed by atoms with Crippen molar-refractivity contribution in [1.29, 1.82) is 0 Å². The molecule has 0 aromatic carbocycles. The molecule has 11 heterocycles. The summed E-state index contributed by atoms with van der Waals surface area (Å²) in [4.78, 5) is 36.6. The molecule has 5 aliphatic heterocycles. The second kappa shape index (κ2) is 23.1. The van der Waals surface area contributed by atoms with Gasteiger partial charge in [-0.15, -0.1) is 0 Å². The fourth-order valence-electron chi connectivity index (χ4n) is 11.6. The van der Waals surface area contributed by atoms with E-state index >= 15 is 0 Å². The average Bonchev–Trinajstić information content (AvgIpc) is 4.28. The van der Waals surface area contributed by atoms with Crippen LogP contribution in [-0.4, -0.2) is 42.8 Å². The van der Waals surface area contributed by atoms with E-state index in [9.17, 15) is 0 Å². The smallest absolute Gasteiger partial charge is 0.151 e. The number of allylic oxidation sites excluding steroid dienone is 8. The quantitative estimate of drug-likeness (QED) is 0.0767. The number of hydrogen-bond acceptors (Lipinski definition) is 6. The normalized spacial score (nSPS) is 15.9. The van der Waals surface area contributed by atoms with Crippen LogP contribution in [0.4, 0.5) is 0 Å². The Labute approximate surface area is 456 Å². The minimum atomic E-state index is 0.798. The van der Waals surface area contributed by atoms with E-state index in [1.165, 1.54) is 44.5 Å². The number of H-pyrrole nitrogens is 4. The summed E-state index contributed by atoms with van der Waals surface area (Å²) in [5, 5.41) is 8.06. The molecule has 0 saturated carbocycles. The molecule has 0 atom stereocenters. The van der Waals surface area contributed by atoms with E-state index in [1.807, 2.05) is 0 Å². The fourth-order valence-corrected chi connectivity index (χ4v) is 11.6. The molecule has 0 amide bonds. The Balaban J connectivity index is 1.17. The topological polar surface area (TPSA) is 139 Å². The maximum absolute atomic E-state index is 6.76. The molecule has 6 aromatic heterocycles. The highest BCUT2D eigenvalue weighted by atomic mass is 16.3. The van der Waals surface area contributed by atoms with Crippen molar-refractivity contribution >= 4 is 47.2 Å². The van der Waals surface area contributed by atoms with Gasteiger partial charge in [-0.25, -0.2) is 20.0 Å². The van der Waals surface area contributed by atoms with Crippen LogP contribution in [0.5, 0.6) is 0 Å². The van der Waals surface area contributed by atoms with Gasteiger partial charge in [0, 0.05) is 21.4 Å². The number of aliphatic imine (C=N–C) groups is 4. The lowest BCUT2D eigenvalue weighted by atomic mass is 10.0. The van der Waals surface area contributed by atoms with Crippen molar-refractivity contribution in [1.82, 2.24) is 19.9 Å². The van der Waals surface area contributed by atoms with Crippen molar-refractivity contribution in [2.45, 2.75) is 158 Å². The molecular weight excluding hydrogens is 961 g/mol. The highest BCUT2D eigenvalue weighted by molar-refractivity contribution is 6.25. The van der Waals surface area contributed by atoms with Crippen molar-refractivity contribution in [2.75, 3.05) is 0 Å². The summed E-state index contributed by atoms with van der Waals surface area (Å²) in [5.74, 6) is 0. The van der Waals surface area contributed by atoms with Crippen LogP contribution < -0.4 is 21.4 Å². The molecule has 0 saturated heterocycles. The Kier molecular flexibility index (Phi) is 15.5. The molecule has 400 valence electrons. The summed E-state index contributed by atoms with van der Waals surface area (Å²) in [5.41, 5.74) is 20.7. The lowest BCUT2D eigenvalue weighted by molar-refractivity contribution is 0.504. The predicted octanol–water partition coefficient (Wildman–Crippen LogP) is 13.1. The van der Waals surface area contributed by atoms with E-state index in [4.69, 9.17) is 28.8 Å². The van der Waals surface area contributed by atoms with Crippen LogP contribution in [0.3, 0.4) is 0 Å². The van der Waals surface area contributed by atoms with Gasteiger partial charge in [-0.05, 0) is 193 Å². The van der Waals surface area contributed by atoms with Gasteiger partial charge in [-0.2, -0.15) is 0 Å². The van der Waals surface area contributed by atoms with Gasteiger partial charge in [0.2, 0.25) is 0 Å². The molecule has 10 nitrogen and oxygen atoms in total. The number of nitrogens with one attached hydrogen (secondary N) is 4. The van der Waals surface area contributed by atoms with Crippen molar-refractivity contribution < 1.29 is 8.83 Å². The van der Waals surface area contributed by atoms with Crippen molar-refractivity contribution in [3.05, 3.63) is 205 Å². The summed E-state index contributed by atoms with van der Waals surface area (Å²) < 4.78 is 13.5. The Morgan fingerprint density at radius 2 is 0.513 bits per heavy atom. The molecule has 0 unspecified atom stereocenters. The maximum atomic E-state index is 6.76. The van der Waals surface area contributed by atoms with Crippen LogP contribution in [0.1, 0.15) is 155 Å². The van der Waals surface area contributed by atoms with E-state index < -0.39 is 0 Å². The van der Waals surface area contributed by atoms with E-state index in [1.54, 1.807) is 0 Å². The first-order chi connectivity index (χ1) is 38.2. The van der Waals surface area contributed by atoms with Crippen molar-refractivity contribution in [2.24, 2.45) is 20.0 Å². The lowest BCUT2D eigenvalue weighted by Crippen LogP contribution is -2.12. The molecule has 20 bridgehead atoms. The fraction of sp³-hybridized carbons (Fsp3) is 0.353. The summed E-state index contributed by atoms with van der Waals surface area (Å²) in [7, 11) is 0. The number of fused-ring (bicyclic) bond motifs is 16. The second-order valence-corrected chi connectivity index (χ2v) is 21.6. The van der Waals surface area contributed by atoms with E-state index in [0.29, 0.717) is 0 Å². The number of aromatic amines is 4. The van der Waals surface area contributed by atoms with E-state index in [0.717, 1.165) is 213 Å². The summed E-state index contributed by atoms with van der Waals surface area (Å²) in [6, 6.07) is 17.4. The van der Waals surface area contributed by atoms with E-state index in [-0.39, 0.29) is 0 Å². The largest absolute Gasteiger partial charge is 0.453 e. The summed E-state index contributed by atoms with van der Waals surface area (Å²) in [6.07, 6.45) is 33.6. The lowest BCUT2D eigenvalue weighted by Gasteiger charge is -2.00. The third-order valence-corrected chi connectivity index (χ3v) is 15.3. The zero-order valence-corrected chi connectivity index (χ0v) is 47.2. The zero-order chi connectivity index (χ0) is 53.9. The predicted molar refractivity (Wildman–Crippen MR) is 319 cm³/mol. The first-order valence-corrected chi connectivity index (χ1v) is 29.3. The molecule has 0 fully saturated rings. The Hall–Kier alpha value is -7.72. The van der Waals surface area contributed by atoms with Crippen LogP contribution >= 0.6 is 0 Å². The Morgan fingerprint density at radius 3 is 0.718 bits per heavy atom. The standard InChI is InChI=1S/C68H76N8O2/c1-9-17-41-29-57-58-30-42(18-10-2)50(70-58)38-54-46(22-14-6)34-63(74-54)67-27-28-68(78-67)64-36-48(24-16-8)56(76-64)40-52-44(20-12-4)32-60(72-52)59-31-43(19-11-3)51(71-59)39-55-47(23-15-7)35-62(75-55)66-26-25-65(77-66)61-33-45(21-13-5)53(73-61)37-49(41)69-57/h25-40,73-76H,9-24H2,1-8H3. The average molecular weight is 1040 g/mol. The maximum Gasteiger partial charge on any atom is 0.151 e. The van der Waals surface area contributed by atoms with E-state index in [2.05, 4.69) is 172 Å². The minimum Gasteiger partial charge on any atom is -0.453 e. The monoisotopic (exact) mass is 1040 g/mol.